The molecule has 1 aromatic heterocycles. The van der Waals surface area contributed by atoms with E-state index in [0.29, 0.717) is 5.69 Å². The van der Waals surface area contributed by atoms with Gasteiger partial charge < -0.3 is 10.4 Å². The first kappa shape index (κ1) is 13.5. The molecule has 0 aliphatic rings. The molecular formula is C10H15Cl2N3O. The maximum Gasteiger partial charge on any atom is 0.174 e. The van der Waals surface area contributed by atoms with Crippen molar-refractivity contribution in [3.63, 3.8) is 0 Å². The van der Waals surface area contributed by atoms with Crippen molar-refractivity contribution in [2.24, 2.45) is 5.41 Å². The molecule has 0 aliphatic heterocycles. The molecular weight excluding hydrogens is 249 g/mol. The molecule has 1 heterocycles. The smallest absolute Gasteiger partial charge is 0.174 e. The van der Waals surface area contributed by atoms with Gasteiger partial charge in [0.2, 0.25) is 0 Å². The number of aromatic nitrogens is 2. The first-order valence-electron chi connectivity index (χ1n) is 4.90. The summed E-state index contributed by atoms with van der Waals surface area (Å²) in [5.74, 6) is 0. The summed E-state index contributed by atoms with van der Waals surface area (Å²) in [5.41, 5.74) is 0.476. The second-order valence-electron chi connectivity index (χ2n) is 4.62. The largest absolute Gasteiger partial charge is 0.394 e. The summed E-state index contributed by atoms with van der Waals surface area (Å²) in [5, 5.41) is 20.2. The van der Waals surface area contributed by atoms with Gasteiger partial charge in [0.05, 0.1) is 18.3 Å². The molecule has 0 amide bonds. The molecule has 16 heavy (non-hydrogen) atoms. The van der Waals surface area contributed by atoms with E-state index in [9.17, 15) is 5.11 Å². The fourth-order valence-corrected chi connectivity index (χ4v) is 1.47. The van der Waals surface area contributed by atoms with Crippen LogP contribution in [-0.4, -0.2) is 28.0 Å². The van der Waals surface area contributed by atoms with Gasteiger partial charge in [-0.25, -0.2) is 0 Å². The van der Waals surface area contributed by atoms with Gasteiger partial charge in [-0.2, -0.15) is 0 Å². The Labute approximate surface area is 105 Å². The summed E-state index contributed by atoms with van der Waals surface area (Å²) >= 11 is 11.6. The molecule has 4 nitrogen and oxygen atoms in total. The Morgan fingerprint density at radius 3 is 2.50 bits per heavy atom. The monoisotopic (exact) mass is 263 g/mol. The normalized spacial score (nSPS) is 13.6. The molecule has 0 fully saturated rings. The van der Waals surface area contributed by atoms with Crippen LogP contribution in [-0.2, 0) is 0 Å². The second kappa shape index (κ2) is 5.17. The van der Waals surface area contributed by atoms with E-state index in [4.69, 9.17) is 23.2 Å². The van der Waals surface area contributed by atoms with E-state index in [1.165, 1.54) is 0 Å². The van der Waals surface area contributed by atoms with Crippen LogP contribution >= 0.6 is 23.2 Å². The third-order valence-corrected chi connectivity index (χ3v) is 2.74. The predicted octanol–water partition coefficient (Wildman–Crippen LogP) is 2.60. The van der Waals surface area contributed by atoms with Gasteiger partial charge in [-0.1, -0.05) is 44.0 Å². The van der Waals surface area contributed by atoms with Gasteiger partial charge in [0.15, 0.2) is 10.3 Å². The van der Waals surface area contributed by atoms with Crippen molar-refractivity contribution in [3.8, 4) is 0 Å². The number of hydrogen-bond donors (Lipinski definition) is 2. The highest BCUT2D eigenvalue weighted by Crippen LogP contribution is 2.27. The number of rotatable bonds is 3. The summed E-state index contributed by atoms with van der Waals surface area (Å²) in [6.45, 7) is 6.06. The maximum atomic E-state index is 9.31. The predicted molar refractivity (Wildman–Crippen MR) is 66.0 cm³/mol. The molecule has 0 saturated heterocycles. The van der Waals surface area contributed by atoms with Crippen molar-refractivity contribution in [2.45, 2.75) is 26.8 Å². The van der Waals surface area contributed by atoms with Crippen LogP contribution in [0.1, 0.15) is 20.8 Å². The van der Waals surface area contributed by atoms with E-state index in [2.05, 4.69) is 15.5 Å². The molecule has 0 spiro atoms. The number of halogens is 2. The van der Waals surface area contributed by atoms with Gasteiger partial charge in [-0.15, -0.1) is 10.2 Å². The Balaban J connectivity index is 2.90. The van der Waals surface area contributed by atoms with Crippen LogP contribution in [0, 0.1) is 5.41 Å². The summed E-state index contributed by atoms with van der Waals surface area (Å²) in [6.07, 6.45) is 0. The molecule has 0 unspecified atom stereocenters. The van der Waals surface area contributed by atoms with Gasteiger partial charge in [0.1, 0.15) is 0 Å². The Kier molecular flexibility index (Phi) is 4.35. The molecule has 2 N–H and O–H groups in total. The average molecular weight is 264 g/mol. The highest BCUT2D eigenvalue weighted by molar-refractivity contribution is 6.33. The number of anilines is 1. The van der Waals surface area contributed by atoms with Crippen LogP contribution in [0.3, 0.4) is 0 Å². The topological polar surface area (TPSA) is 58.0 Å². The number of aliphatic hydroxyl groups excluding tert-OH is 1. The molecule has 1 atom stereocenters. The standard InChI is InChI=1S/C10H15Cl2N3O/c1-10(2,3)7(5-16)13-6-4-8(11)14-15-9(6)12/h4,7,16H,5H2,1-3H3,(H,13,14)/t7-/m1/s1. The van der Waals surface area contributed by atoms with Crippen LogP contribution in [0.25, 0.3) is 0 Å². The fraction of sp³-hybridized carbons (Fsp3) is 0.600. The molecule has 0 aliphatic carbocycles. The lowest BCUT2D eigenvalue weighted by molar-refractivity contribution is 0.202. The minimum atomic E-state index is -0.134. The quantitative estimate of drug-likeness (QED) is 0.881. The van der Waals surface area contributed by atoms with Gasteiger partial charge in [-0.3, -0.25) is 0 Å². The van der Waals surface area contributed by atoms with Crippen molar-refractivity contribution in [1.29, 1.82) is 0 Å². The van der Waals surface area contributed by atoms with Crippen LogP contribution < -0.4 is 5.32 Å². The second-order valence-corrected chi connectivity index (χ2v) is 5.36. The van der Waals surface area contributed by atoms with Gasteiger partial charge in [0.25, 0.3) is 0 Å². The highest BCUT2D eigenvalue weighted by Gasteiger charge is 2.24. The lowest BCUT2D eigenvalue weighted by Gasteiger charge is -2.30. The molecule has 0 saturated carbocycles. The number of nitrogens with zero attached hydrogens (tertiary/aromatic N) is 2. The third-order valence-electron chi connectivity index (χ3n) is 2.28. The minimum absolute atomic E-state index is 0.000227. The van der Waals surface area contributed by atoms with Gasteiger partial charge in [-0.05, 0) is 5.41 Å². The summed E-state index contributed by atoms with van der Waals surface area (Å²) in [7, 11) is 0. The molecule has 6 heteroatoms. The number of aliphatic hydroxyl groups is 1. The minimum Gasteiger partial charge on any atom is -0.394 e. The zero-order valence-electron chi connectivity index (χ0n) is 9.46. The SMILES string of the molecule is CC(C)(C)[C@@H](CO)Nc1cc(Cl)nnc1Cl. The molecule has 1 rings (SSSR count). The van der Waals surface area contributed by atoms with Crippen molar-refractivity contribution in [2.75, 3.05) is 11.9 Å². The molecule has 0 aromatic carbocycles. The first-order valence-corrected chi connectivity index (χ1v) is 5.66. The molecule has 0 radical (unpaired) electrons. The summed E-state index contributed by atoms with van der Waals surface area (Å²) in [6, 6.07) is 1.45. The van der Waals surface area contributed by atoms with Crippen LogP contribution in [0.4, 0.5) is 5.69 Å². The van der Waals surface area contributed by atoms with Crippen LogP contribution in [0.15, 0.2) is 6.07 Å². The summed E-state index contributed by atoms with van der Waals surface area (Å²) in [4.78, 5) is 0. The highest BCUT2D eigenvalue weighted by atomic mass is 35.5. The zero-order valence-corrected chi connectivity index (χ0v) is 11.0. The van der Waals surface area contributed by atoms with Crippen LogP contribution in [0.5, 0.6) is 0 Å². The Bertz CT molecular complexity index is 366. The van der Waals surface area contributed by atoms with Crippen molar-refractivity contribution < 1.29 is 5.11 Å². The first-order chi connectivity index (χ1) is 7.34. The van der Waals surface area contributed by atoms with Gasteiger partial charge in [0, 0.05) is 6.07 Å². The zero-order chi connectivity index (χ0) is 12.3. The van der Waals surface area contributed by atoms with E-state index < -0.39 is 0 Å². The van der Waals surface area contributed by atoms with E-state index >= 15 is 0 Å². The van der Waals surface area contributed by atoms with E-state index in [1.807, 2.05) is 20.8 Å². The summed E-state index contributed by atoms with van der Waals surface area (Å²) < 4.78 is 0. The van der Waals surface area contributed by atoms with Crippen LogP contribution in [0.2, 0.25) is 10.3 Å². The Hall–Kier alpha value is -0.580. The fourth-order valence-electron chi connectivity index (χ4n) is 1.18. The molecule has 1 aromatic rings. The Morgan fingerprint density at radius 2 is 2.00 bits per heavy atom. The Morgan fingerprint density at radius 1 is 1.38 bits per heavy atom. The third kappa shape index (κ3) is 3.47. The average Bonchev–Trinajstić information content (AvgIpc) is 2.17. The van der Waals surface area contributed by atoms with Gasteiger partial charge >= 0.3 is 0 Å². The lowest BCUT2D eigenvalue weighted by atomic mass is 9.87. The van der Waals surface area contributed by atoms with Crippen molar-refractivity contribution >= 4 is 28.9 Å². The van der Waals surface area contributed by atoms with E-state index in [0.717, 1.165) is 0 Å². The van der Waals surface area contributed by atoms with Crippen molar-refractivity contribution in [3.05, 3.63) is 16.4 Å². The van der Waals surface area contributed by atoms with E-state index in [1.54, 1.807) is 6.07 Å². The van der Waals surface area contributed by atoms with E-state index in [-0.39, 0.29) is 28.4 Å². The maximum absolute atomic E-state index is 9.31. The number of nitrogens with one attached hydrogen (secondary N) is 1. The molecule has 90 valence electrons. The number of hydrogen-bond acceptors (Lipinski definition) is 4. The lowest BCUT2D eigenvalue weighted by Crippen LogP contribution is -2.37. The van der Waals surface area contributed by atoms with Crippen molar-refractivity contribution in [1.82, 2.24) is 10.2 Å². The molecule has 0 bridgehead atoms.